The number of hydrogen-bond donors (Lipinski definition) is 6. The molecule has 1 fully saturated rings. The molecule has 0 amide bonds. The molecule has 4 rings (SSSR count). The van der Waals surface area contributed by atoms with E-state index < -0.39 is 84.5 Å². The number of aliphatic hydroxyl groups excluding tert-OH is 3. The number of aryl methyl sites for hydroxylation is 1. The van der Waals surface area contributed by atoms with Gasteiger partial charge in [0.25, 0.3) is 0 Å². The lowest BCUT2D eigenvalue weighted by molar-refractivity contribution is -0.278. The Hall–Kier alpha value is -4.04. The number of phenolic OH excluding ortho intramolecular Hbond substituents is 2. The molecular weight excluding hydrogens is 496 g/mol. The van der Waals surface area contributed by atoms with Crippen LogP contribution >= 0.6 is 0 Å². The third-order valence-corrected chi connectivity index (χ3v) is 5.91. The lowest BCUT2D eigenvalue weighted by Gasteiger charge is -2.40. The summed E-state index contributed by atoms with van der Waals surface area (Å²) in [4.78, 5) is 48.6. The number of phenols is 2. The standard InChI is InChI=1S/C24H22O13/c1-8-2-10-17(12(26)3-8)21(32)18-11(19(10)30)4-9(25)5-13(18)36-24-23(34)22(33)20(31)14(37-24)7-35-16(29)6-15(27)28/h2-5,14,20,22-26,31,33-34H,6-7H2,1H3,(H,27,28)/t14-,20-,22+,23-,24-/m1/s1. The van der Waals surface area contributed by atoms with Gasteiger partial charge in [0.2, 0.25) is 12.1 Å². The van der Waals surface area contributed by atoms with Gasteiger partial charge >= 0.3 is 11.9 Å². The number of carbonyl (C=O) groups excluding carboxylic acids is 3. The molecule has 1 aliphatic carbocycles. The number of esters is 1. The van der Waals surface area contributed by atoms with E-state index in [-0.39, 0.29) is 22.3 Å². The molecule has 196 valence electrons. The van der Waals surface area contributed by atoms with Crippen LogP contribution in [0.4, 0.5) is 0 Å². The van der Waals surface area contributed by atoms with E-state index in [0.29, 0.717) is 5.56 Å². The molecule has 0 aromatic heterocycles. The second kappa shape index (κ2) is 9.78. The van der Waals surface area contributed by atoms with Crippen molar-refractivity contribution in [2.24, 2.45) is 0 Å². The fraction of sp³-hybridized carbons (Fsp3) is 0.333. The number of carbonyl (C=O) groups is 4. The van der Waals surface area contributed by atoms with Gasteiger partial charge in [-0.2, -0.15) is 0 Å². The van der Waals surface area contributed by atoms with Gasteiger partial charge in [-0.05, 0) is 30.7 Å². The minimum Gasteiger partial charge on any atom is -0.508 e. The molecule has 1 heterocycles. The van der Waals surface area contributed by atoms with Crippen LogP contribution in [0.2, 0.25) is 0 Å². The highest BCUT2D eigenvalue weighted by molar-refractivity contribution is 6.30. The SMILES string of the molecule is Cc1cc(O)c2c(c1)C(=O)c1cc(O)cc(O[C@@H]3O[C@H](COC(=O)CC(=O)O)[C@@H](O)[C@H](O)[C@H]3O)c1C2=O. The monoisotopic (exact) mass is 518 g/mol. The van der Waals surface area contributed by atoms with Crippen LogP contribution in [0.5, 0.6) is 17.2 Å². The highest BCUT2D eigenvalue weighted by atomic mass is 16.7. The number of carboxylic acid groups (broad SMARTS) is 1. The van der Waals surface area contributed by atoms with Crippen molar-refractivity contribution in [3.8, 4) is 17.2 Å². The van der Waals surface area contributed by atoms with E-state index >= 15 is 0 Å². The normalized spacial score (nSPS) is 24.7. The Balaban J connectivity index is 1.65. The number of benzene rings is 2. The molecular formula is C24H22O13. The summed E-state index contributed by atoms with van der Waals surface area (Å²) in [5.41, 5.74) is -0.457. The van der Waals surface area contributed by atoms with Crippen LogP contribution in [0.15, 0.2) is 24.3 Å². The minimum atomic E-state index is -1.91. The van der Waals surface area contributed by atoms with E-state index in [1.54, 1.807) is 6.92 Å². The Labute approximate surface area is 208 Å². The van der Waals surface area contributed by atoms with Gasteiger partial charge in [-0.25, -0.2) is 0 Å². The third-order valence-electron chi connectivity index (χ3n) is 5.91. The van der Waals surface area contributed by atoms with Gasteiger partial charge in [0.1, 0.15) is 54.7 Å². The number of rotatable bonds is 6. The number of aliphatic hydroxyl groups is 3. The van der Waals surface area contributed by atoms with Crippen LogP contribution in [0.3, 0.4) is 0 Å². The summed E-state index contributed by atoms with van der Waals surface area (Å²) < 4.78 is 15.7. The van der Waals surface area contributed by atoms with Crippen LogP contribution in [0.25, 0.3) is 0 Å². The van der Waals surface area contributed by atoms with Crippen LogP contribution in [-0.2, 0) is 19.1 Å². The van der Waals surface area contributed by atoms with Crippen molar-refractivity contribution in [2.75, 3.05) is 6.61 Å². The zero-order valence-electron chi connectivity index (χ0n) is 19.2. The second-order valence-corrected chi connectivity index (χ2v) is 8.62. The predicted octanol–water partition coefficient (Wildman–Crippen LogP) is -0.614. The van der Waals surface area contributed by atoms with Crippen molar-refractivity contribution in [1.29, 1.82) is 0 Å². The van der Waals surface area contributed by atoms with Gasteiger partial charge in [-0.1, -0.05) is 0 Å². The van der Waals surface area contributed by atoms with E-state index in [9.17, 15) is 44.7 Å². The lowest BCUT2D eigenvalue weighted by Crippen LogP contribution is -2.60. The Kier molecular flexibility index (Phi) is 6.88. The maximum absolute atomic E-state index is 13.3. The highest BCUT2D eigenvalue weighted by Crippen LogP contribution is 2.40. The van der Waals surface area contributed by atoms with Crippen LogP contribution < -0.4 is 4.74 Å². The number of fused-ring (bicyclic) bond motifs is 2. The Bertz CT molecular complexity index is 1300. The summed E-state index contributed by atoms with van der Waals surface area (Å²) in [5, 5.41) is 60.1. The molecule has 0 bridgehead atoms. The molecule has 1 aliphatic heterocycles. The molecule has 13 heteroatoms. The number of carboxylic acids is 1. The van der Waals surface area contributed by atoms with Crippen molar-refractivity contribution in [2.45, 2.75) is 44.1 Å². The second-order valence-electron chi connectivity index (χ2n) is 8.62. The predicted molar refractivity (Wildman–Crippen MR) is 118 cm³/mol. The molecule has 2 aliphatic rings. The van der Waals surface area contributed by atoms with Gasteiger partial charge in [-0.15, -0.1) is 0 Å². The lowest BCUT2D eigenvalue weighted by atomic mass is 9.82. The molecule has 6 N–H and O–H groups in total. The van der Waals surface area contributed by atoms with Gasteiger partial charge < -0.3 is 44.8 Å². The fourth-order valence-electron chi connectivity index (χ4n) is 4.19. The first-order valence-electron chi connectivity index (χ1n) is 10.9. The number of aromatic hydroxyl groups is 2. The molecule has 0 radical (unpaired) electrons. The quantitative estimate of drug-likeness (QED) is 0.177. The van der Waals surface area contributed by atoms with Crippen molar-refractivity contribution < 1.29 is 64.0 Å². The summed E-state index contributed by atoms with van der Waals surface area (Å²) in [7, 11) is 0. The topological polar surface area (TPSA) is 217 Å². The molecule has 0 unspecified atom stereocenters. The Morgan fingerprint density at radius 3 is 2.27 bits per heavy atom. The van der Waals surface area contributed by atoms with Crippen molar-refractivity contribution >= 4 is 23.5 Å². The average Bonchev–Trinajstić information content (AvgIpc) is 2.80. The van der Waals surface area contributed by atoms with Crippen molar-refractivity contribution in [3.05, 3.63) is 52.1 Å². The molecule has 5 atom stereocenters. The summed E-state index contributed by atoms with van der Waals surface area (Å²) in [6.07, 6.45) is -9.83. The Morgan fingerprint density at radius 2 is 1.59 bits per heavy atom. The largest absolute Gasteiger partial charge is 0.508 e. The summed E-state index contributed by atoms with van der Waals surface area (Å²) in [6.45, 7) is 0.897. The molecule has 37 heavy (non-hydrogen) atoms. The van der Waals surface area contributed by atoms with Crippen LogP contribution in [-0.4, -0.2) is 91.5 Å². The first-order valence-corrected chi connectivity index (χ1v) is 10.9. The molecule has 2 aromatic carbocycles. The van der Waals surface area contributed by atoms with E-state index in [1.165, 1.54) is 12.1 Å². The summed E-state index contributed by atoms with van der Waals surface area (Å²) >= 11 is 0. The van der Waals surface area contributed by atoms with Crippen LogP contribution in [0.1, 0.15) is 43.8 Å². The molecule has 2 aromatic rings. The summed E-state index contributed by atoms with van der Waals surface area (Å²) in [6, 6.07) is 4.69. The first-order chi connectivity index (χ1) is 17.4. The molecule has 0 spiro atoms. The van der Waals surface area contributed by atoms with E-state index in [0.717, 1.165) is 12.1 Å². The van der Waals surface area contributed by atoms with Crippen molar-refractivity contribution in [3.63, 3.8) is 0 Å². The van der Waals surface area contributed by atoms with Gasteiger partial charge in [-0.3, -0.25) is 19.2 Å². The molecule has 0 saturated carbocycles. The maximum atomic E-state index is 13.3. The van der Waals surface area contributed by atoms with Crippen molar-refractivity contribution in [1.82, 2.24) is 0 Å². The number of ether oxygens (including phenoxy) is 3. The van der Waals surface area contributed by atoms with E-state index in [2.05, 4.69) is 0 Å². The first kappa shape index (κ1) is 26.0. The van der Waals surface area contributed by atoms with E-state index in [1.807, 2.05) is 0 Å². The van der Waals surface area contributed by atoms with Gasteiger partial charge in [0, 0.05) is 17.2 Å². The Morgan fingerprint density at radius 1 is 0.919 bits per heavy atom. The minimum absolute atomic E-state index is 0.0812. The summed E-state index contributed by atoms with van der Waals surface area (Å²) in [5.74, 6) is -5.49. The number of ketones is 2. The molecule has 13 nitrogen and oxygen atoms in total. The zero-order valence-corrected chi connectivity index (χ0v) is 19.2. The molecule has 1 saturated heterocycles. The van der Waals surface area contributed by atoms with E-state index in [4.69, 9.17) is 19.3 Å². The van der Waals surface area contributed by atoms with Crippen LogP contribution in [0, 0.1) is 6.92 Å². The average molecular weight is 518 g/mol. The number of hydrogen-bond acceptors (Lipinski definition) is 12. The smallest absolute Gasteiger partial charge is 0.317 e. The zero-order chi connectivity index (χ0) is 27.2. The number of aliphatic carboxylic acids is 1. The van der Waals surface area contributed by atoms with Gasteiger partial charge in [0.05, 0.1) is 11.1 Å². The third kappa shape index (κ3) is 4.84. The maximum Gasteiger partial charge on any atom is 0.317 e. The van der Waals surface area contributed by atoms with Gasteiger partial charge in [0.15, 0.2) is 5.78 Å². The fourth-order valence-corrected chi connectivity index (χ4v) is 4.19. The highest BCUT2D eigenvalue weighted by Gasteiger charge is 2.46.